The van der Waals surface area contributed by atoms with Crippen LogP contribution in [0.3, 0.4) is 0 Å². The van der Waals surface area contributed by atoms with E-state index in [0.29, 0.717) is 23.7 Å². The number of carbonyl (C=O) groups excluding carboxylic acids is 2. The number of nitrogens with zero attached hydrogens (tertiary/aromatic N) is 1. The van der Waals surface area contributed by atoms with E-state index in [2.05, 4.69) is 11.2 Å². The van der Waals surface area contributed by atoms with E-state index in [-0.39, 0.29) is 29.4 Å². The van der Waals surface area contributed by atoms with Crippen molar-refractivity contribution in [1.29, 1.82) is 0 Å². The second-order valence-corrected chi connectivity index (χ2v) is 6.63. The van der Waals surface area contributed by atoms with Crippen molar-refractivity contribution in [3.05, 3.63) is 64.1 Å². The molecule has 0 atom stereocenters. The summed E-state index contributed by atoms with van der Waals surface area (Å²) in [7, 11) is 0. The molecule has 3 rings (SSSR count). The Kier molecular flexibility index (Phi) is 6.60. The van der Waals surface area contributed by atoms with Crippen LogP contribution in [0.1, 0.15) is 18.1 Å². The minimum atomic E-state index is -0.639. The average molecular weight is 429 g/mol. The summed E-state index contributed by atoms with van der Waals surface area (Å²) in [5.41, 5.74) is 0.777. The summed E-state index contributed by atoms with van der Waals surface area (Å²) in [6.07, 6.45) is 6.68. The predicted molar refractivity (Wildman–Crippen MR) is 110 cm³/mol. The summed E-state index contributed by atoms with van der Waals surface area (Å²) in [6, 6.07) is 8.49. The van der Waals surface area contributed by atoms with Gasteiger partial charge < -0.3 is 14.8 Å². The Labute approximate surface area is 178 Å². The lowest BCUT2D eigenvalue weighted by molar-refractivity contribution is -0.123. The molecule has 0 bridgehead atoms. The highest BCUT2D eigenvalue weighted by molar-refractivity contribution is 6.32. The van der Waals surface area contributed by atoms with E-state index in [4.69, 9.17) is 27.5 Å². The Morgan fingerprint density at radius 3 is 2.73 bits per heavy atom. The van der Waals surface area contributed by atoms with Gasteiger partial charge in [0.15, 0.2) is 11.5 Å². The third kappa shape index (κ3) is 4.56. The van der Waals surface area contributed by atoms with Gasteiger partial charge in [0.05, 0.1) is 18.2 Å². The van der Waals surface area contributed by atoms with Crippen molar-refractivity contribution in [2.45, 2.75) is 13.5 Å². The summed E-state index contributed by atoms with van der Waals surface area (Å²) < 4.78 is 24.9. The van der Waals surface area contributed by atoms with E-state index in [1.54, 1.807) is 25.1 Å². The van der Waals surface area contributed by atoms with Crippen LogP contribution >= 0.6 is 11.6 Å². The van der Waals surface area contributed by atoms with Gasteiger partial charge in [-0.05, 0) is 36.8 Å². The number of urea groups is 1. The quantitative estimate of drug-likeness (QED) is 0.411. The Morgan fingerprint density at radius 1 is 1.27 bits per heavy atom. The van der Waals surface area contributed by atoms with Crippen molar-refractivity contribution < 1.29 is 23.5 Å². The number of imide groups is 1. The number of nitrogens with one attached hydrogen (secondary N) is 1. The van der Waals surface area contributed by atoms with Crippen molar-refractivity contribution in [2.24, 2.45) is 0 Å². The van der Waals surface area contributed by atoms with E-state index in [9.17, 15) is 14.0 Å². The average Bonchev–Trinajstić information content (AvgIpc) is 2.96. The van der Waals surface area contributed by atoms with E-state index < -0.39 is 17.8 Å². The zero-order valence-electron chi connectivity index (χ0n) is 16.1. The number of terminal acetylenes is 1. The van der Waals surface area contributed by atoms with Crippen LogP contribution in [0, 0.1) is 18.2 Å². The first-order valence-electron chi connectivity index (χ1n) is 9.05. The Hall–Kier alpha value is -3.50. The molecular weight excluding hydrogens is 411 g/mol. The first kappa shape index (κ1) is 21.2. The van der Waals surface area contributed by atoms with E-state index >= 15 is 0 Å². The van der Waals surface area contributed by atoms with Gasteiger partial charge in [-0.25, -0.2) is 9.18 Å². The van der Waals surface area contributed by atoms with Gasteiger partial charge >= 0.3 is 6.03 Å². The normalized spacial score (nSPS) is 14.6. The van der Waals surface area contributed by atoms with Gasteiger partial charge in [-0.15, -0.1) is 6.42 Å². The Bertz CT molecular complexity index is 1060. The van der Waals surface area contributed by atoms with Crippen molar-refractivity contribution in [3.63, 3.8) is 0 Å². The zero-order valence-corrected chi connectivity index (χ0v) is 16.8. The number of amides is 3. The third-order valence-electron chi connectivity index (χ3n) is 4.19. The van der Waals surface area contributed by atoms with Gasteiger partial charge in [0, 0.05) is 5.56 Å². The molecule has 0 unspecified atom stereocenters. The molecule has 0 saturated carbocycles. The predicted octanol–water partition coefficient (Wildman–Crippen LogP) is 3.98. The fraction of sp³-hybridized carbons (Fsp3) is 0.182. The molecule has 0 aliphatic carbocycles. The standard InChI is InChI=1S/C22H18ClFN2O4/c1-3-9-30-20-16(23)10-14(12-19(20)29-4-2)11-18-21(27)26(22(28)25-18)13-15-7-5-6-8-17(15)24/h1,5-8,10-12H,4,9,13H2,2H3,(H,25,28)/b18-11+. The van der Waals surface area contributed by atoms with Crippen LogP contribution in [0.15, 0.2) is 42.1 Å². The summed E-state index contributed by atoms with van der Waals surface area (Å²) in [5.74, 6) is 1.93. The van der Waals surface area contributed by atoms with E-state index in [0.717, 1.165) is 4.90 Å². The molecular formula is C22H18ClFN2O4. The second-order valence-electron chi connectivity index (χ2n) is 6.23. The van der Waals surface area contributed by atoms with Gasteiger partial charge in [0.2, 0.25) is 0 Å². The van der Waals surface area contributed by atoms with Crippen LogP contribution in [-0.4, -0.2) is 30.1 Å². The molecule has 2 aromatic rings. The molecule has 8 heteroatoms. The number of hydrogen-bond acceptors (Lipinski definition) is 4. The van der Waals surface area contributed by atoms with E-state index in [1.807, 2.05) is 0 Å². The van der Waals surface area contributed by atoms with Crippen molar-refractivity contribution in [3.8, 4) is 23.8 Å². The van der Waals surface area contributed by atoms with Crippen molar-refractivity contribution >= 4 is 29.6 Å². The smallest absolute Gasteiger partial charge is 0.329 e. The first-order chi connectivity index (χ1) is 14.4. The van der Waals surface area contributed by atoms with Gasteiger partial charge in [0.1, 0.15) is 18.1 Å². The van der Waals surface area contributed by atoms with Crippen molar-refractivity contribution in [1.82, 2.24) is 10.2 Å². The van der Waals surface area contributed by atoms with Crippen LogP contribution in [0.4, 0.5) is 9.18 Å². The topological polar surface area (TPSA) is 67.9 Å². The summed E-state index contributed by atoms with van der Waals surface area (Å²) in [5, 5.41) is 2.74. The second kappa shape index (κ2) is 9.33. The summed E-state index contributed by atoms with van der Waals surface area (Å²) in [4.78, 5) is 25.9. The Balaban J connectivity index is 1.88. The highest BCUT2D eigenvalue weighted by Gasteiger charge is 2.34. The van der Waals surface area contributed by atoms with Gasteiger partial charge in [-0.1, -0.05) is 35.7 Å². The van der Waals surface area contributed by atoms with Crippen molar-refractivity contribution in [2.75, 3.05) is 13.2 Å². The summed E-state index contributed by atoms with van der Waals surface area (Å²) >= 11 is 6.28. The van der Waals surface area contributed by atoms with Gasteiger partial charge in [0.25, 0.3) is 5.91 Å². The van der Waals surface area contributed by atoms with Crippen LogP contribution in [0.2, 0.25) is 5.02 Å². The fourth-order valence-electron chi connectivity index (χ4n) is 2.87. The molecule has 0 radical (unpaired) electrons. The number of benzene rings is 2. The first-order valence-corrected chi connectivity index (χ1v) is 9.43. The number of ether oxygens (including phenoxy) is 2. The molecule has 3 amide bonds. The van der Waals surface area contributed by atoms with Crippen LogP contribution < -0.4 is 14.8 Å². The third-order valence-corrected chi connectivity index (χ3v) is 4.47. The minimum Gasteiger partial charge on any atom is -0.490 e. The molecule has 1 N–H and O–H groups in total. The summed E-state index contributed by atoms with van der Waals surface area (Å²) in [6.45, 7) is 1.98. The van der Waals surface area contributed by atoms with Crippen LogP contribution in [-0.2, 0) is 11.3 Å². The molecule has 0 spiro atoms. The van der Waals surface area contributed by atoms with Gasteiger partial charge in [-0.3, -0.25) is 9.69 Å². The maximum absolute atomic E-state index is 13.9. The lowest BCUT2D eigenvalue weighted by Gasteiger charge is -2.13. The maximum Gasteiger partial charge on any atom is 0.329 e. The fourth-order valence-corrected chi connectivity index (χ4v) is 3.14. The highest BCUT2D eigenvalue weighted by Crippen LogP contribution is 2.37. The Morgan fingerprint density at radius 2 is 2.03 bits per heavy atom. The van der Waals surface area contributed by atoms with Crippen LogP contribution in [0.5, 0.6) is 11.5 Å². The largest absolute Gasteiger partial charge is 0.490 e. The maximum atomic E-state index is 13.9. The zero-order chi connectivity index (χ0) is 21.7. The SMILES string of the molecule is C#CCOc1c(Cl)cc(/C=C2/NC(=O)N(Cc3ccccc3F)C2=O)cc1OCC. The molecule has 1 fully saturated rings. The number of halogens is 2. The molecule has 6 nitrogen and oxygen atoms in total. The number of hydrogen-bond donors (Lipinski definition) is 1. The minimum absolute atomic E-state index is 0.0137. The van der Waals surface area contributed by atoms with Crippen LogP contribution in [0.25, 0.3) is 6.08 Å². The lowest BCUT2D eigenvalue weighted by Crippen LogP contribution is -2.30. The molecule has 154 valence electrons. The van der Waals surface area contributed by atoms with E-state index in [1.165, 1.54) is 24.3 Å². The molecule has 30 heavy (non-hydrogen) atoms. The molecule has 1 saturated heterocycles. The molecule has 2 aromatic carbocycles. The molecule has 1 aliphatic rings. The molecule has 1 aliphatic heterocycles. The number of rotatable bonds is 7. The molecule has 0 aromatic heterocycles. The monoisotopic (exact) mass is 428 g/mol. The number of carbonyl (C=O) groups is 2. The lowest BCUT2D eigenvalue weighted by atomic mass is 10.1. The highest BCUT2D eigenvalue weighted by atomic mass is 35.5. The van der Waals surface area contributed by atoms with Gasteiger partial charge in [-0.2, -0.15) is 0 Å². The molecule has 1 heterocycles.